The largest absolute Gasteiger partial charge is 0.496 e. The molecule has 1 aliphatic heterocycles. The van der Waals surface area contributed by atoms with Crippen molar-refractivity contribution < 1.29 is 14.3 Å². The zero-order chi connectivity index (χ0) is 20.2. The molecule has 1 saturated heterocycles. The normalized spacial score (nSPS) is 18.7. The molecule has 4 rings (SSSR count). The lowest BCUT2D eigenvalue weighted by Gasteiger charge is -2.15. The van der Waals surface area contributed by atoms with Crippen molar-refractivity contribution >= 4 is 28.8 Å². The first-order chi connectivity index (χ1) is 14.2. The van der Waals surface area contributed by atoms with E-state index in [1.54, 1.807) is 13.3 Å². The molecule has 6 nitrogen and oxygen atoms in total. The summed E-state index contributed by atoms with van der Waals surface area (Å²) in [5, 5.41) is 8.91. The number of amides is 2. The number of hydrogen-bond donors (Lipinski definition) is 2. The highest BCUT2D eigenvalue weighted by molar-refractivity contribution is 6.05. The summed E-state index contributed by atoms with van der Waals surface area (Å²) in [7, 11) is 1.59. The van der Waals surface area contributed by atoms with E-state index in [9.17, 15) is 9.59 Å². The molecule has 0 unspecified atom stereocenters. The molecule has 0 bridgehead atoms. The number of nitrogens with zero attached hydrogens (tertiary/aromatic N) is 1. The molecule has 146 valence electrons. The van der Waals surface area contributed by atoms with Gasteiger partial charge in [0, 0.05) is 18.0 Å². The van der Waals surface area contributed by atoms with Crippen LogP contribution in [0, 0.1) is 5.92 Å². The van der Waals surface area contributed by atoms with Crippen molar-refractivity contribution in [3.63, 3.8) is 0 Å². The maximum atomic E-state index is 12.7. The summed E-state index contributed by atoms with van der Waals surface area (Å²) >= 11 is 0. The lowest BCUT2D eigenvalue weighted by Crippen LogP contribution is -2.34. The number of ether oxygens (including phenoxy) is 1. The van der Waals surface area contributed by atoms with Crippen LogP contribution in [-0.2, 0) is 9.59 Å². The zero-order valence-electron chi connectivity index (χ0n) is 16.0. The Balaban J connectivity index is 1.56. The summed E-state index contributed by atoms with van der Waals surface area (Å²) < 4.78 is 5.43. The Morgan fingerprint density at radius 2 is 1.86 bits per heavy atom. The smallest absolute Gasteiger partial charge is 0.253 e. The minimum atomic E-state index is -0.816. The SMILES string of the molecule is COc1ccc2ccccc2c1/C=N/NC(=O)[C@@H]1C(=O)NC[C@H]1c1ccccc1. The molecule has 0 aliphatic carbocycles. The third-order valence-electron chi connectivity index (χ3n) is 5.21. The highest BCUT2D eigenvalue weighted by Gasteiger charge is 2.40. The van der Waals surface area contributed by atoms with Gasteiger partial charge in [-0.3, -0.25) is 9.59 Å². The number of nitrogens with one attached hydrogen (secondary N) is 2. The van der Waals surface area contributed by atoms with Crippen molar-refractivity contribution in [2.75, 3.05) is 13.7 Å². The van der Waals surface area contributed by atoms with Crippen molar-refractivity contribution in [3.05, 3.63) is 77.9 Å². The first-order valence-corrected chi connectivity index (χ1v) is 9.40. The van der Waals surface area contributed by atoms with Crippen molar-refractivity contribution in [1.82, 2.24) is 10.7 Å². The van der Waals surface area contributed by atoms with Gasteiger partial charge in [-0.25, -0.2) is 5.43 Å². The van der Waals surface area contributed by atoms with Crippen LogP contribution in [-0.4, -0.2) is 31.7 Å². The Bertz CT molecular complexity index is 1080. The average Bonchev–Trinajstić information content (AvgIpc) is 3.15. The first-order valence-electron chi connectivity index (χ1n) is 9.40. The number of hydrazone groups is 1. The van der Waals surface area contributed by atoms with E-state index in [1.807, 2.05) is 66.7 Å². The second-order valence-corrected chi connectivity index (χ2v) is 6.88. The quantitative estimate of drug-likeness (QED) is 0.401. The Morgan fingerprint density at radius 3 is 2.66 bits per heavy atom. The number of rotatable bonds is 5. The van der Waals surface area contributed by atoms with Crippen LogP contribution in [0.4, 0.5) is 0 Å². The molecular weight excluding hydrogens is 366 g/mol. The summed E-state index contributed by atoms with van der Waals surface area (Å²) in [5.41, 5.74) is 4.25. The summed E-state index contributed by atoms with van der Waals surface area (Å²) in [5.74, 6) is -1.09. The fourth-order valence-electron chi connectivity index (χ4n) is 3.75. The summed E-state index contributed by atoms with van der Waals surface area (Å²) in [6, 6.07) is 21.3. The van der Waals surface area contributed by atoms with Crippen LogP contribution < -0.4 is 15.5 Å². The molecule has 3 aromatic rings. The number of methoxy groups -OCH3 is 1. The van der Waals surface area contributed by atoms with E-state index in [4.69, 9.17) is 4.74 Å². The minimum absolute atomic E-state index is 0.217. The number of carbonyl (C=O) groups is 2. The van der Waals surface area contributed by atoms with Crippen LogP contribution in [0.15, 0.2) is 71.8 Å². The third-order valence-corrected chi connectivity index (χ3v) is 5.21. The fraction of sp³-hybridized carbons (Fsp3) is 0.174. The van der Waals surface area contributed by atoms with Gasteiger partial charge in [0.05, 0.1) is 13.3 Å². The topological polar surface area (TPSA) is 79.8 Å². The molecular formula is C23H21N3O3. The van der Waals surface area contributed by atoms with E-state index >= 15 is 0 Å². The lowest BCUT2D eigenvalue weighted by atomic mass is 9.88. The number of benzene rings is 3. The van der Waals surface area contributed by atoms with Gasteiger partial charge in [0.2, 0.25) is 5.91 Å². The van der Waals surface area contributed by atoms with Crippen LogP contribution >= 0.6 is 0 Å². The van der Waals surface area contributed by atoms with Crippen molar-refractivity contribution in [1.29, 1.82) is 0 Å². The lowest BCUT2D eigenvalue weighted by molar-refractivity contribution is -0.133. The van der Waals surface area contributed by atoms with Gasteiger partial charge in [-0.2, -0.15) is 5.10 Å². The second-order valence-electron chi connectivity index (χ2n) is 6.88. The van der Waals surface area contributed by atoms with Crippen LogP contribution in [0.25, 0.3) is 10.8 Å². The average molecular weight is 387 g/mol. The second kappa shape index (κ2) is 8.14. The Labute approximate surface area is 168 Å². The molecule has 0 aromatic heterocycles. The first kappa shape index (κ1) is 18.7. The molecule has 29 heavy (non-hydrogen) atoms. The number of hydrogen-bond acceptors (Lipinski definition) is 4. The summed E-state index contributed by atoms with van der Waals surface area (Å²) in [4.78, 5) is 25.0. The van der Waals surface area contributed by atoms with Crippen LogP contribution in [0.5, 0.6) is 5.75 Å². The van der Waals surface area contributed by atoms with E-state index in [1.165, 1.54) is 0 Å². The van der Waals surface area contributed by atoms with Gasteiger partial charge in [-0.05, 0) is 22.4 Å². The van der Waals surface area contributed by atoms with Crippen LogP contribution in [0.2, 0.25) is 0 Å². The Hall–Kier alpha value is -3.67. The fourth-order valence-corrected chi connectivity index (χ4v) is 3.75. The molecule has 6 heteroatoms. The van der Waals surface area contributed by atoms with Gasteiger partial charge in [-0.1, -0.05) is 60.7 Å². The van der Waals surface area contributed by atoms with Gasteiger partial charge in [0.25, 0.3) is 5.91 Å². The van der Waals surface area contributed by atoms with Crippen molar-refractivity contribution in [2.24, 2.45) is 11.0 Å². The van der Waals surface area contributed by atoms with Crippen LogP contribution in [0.1, 0.15) is 17.0 Å². The number of carbonyl (C=O) groups excluding carboxylic acids is 2. The summed E-state index contributed by atoms with van der Waals surface area (Å²) in [6.07, 6.45) is 1.56. The molecule has 1 aliphatic rings. The van der Waals surface area contributed by atoms with E-state index in [2.05, 4.69) is 15.8 Å². The van der Waals surface area contributed by atoms with Gasteiger partial charge >= 0.3 is 0 Å². The Morgan fingerprint density at radius 1 is 1.10 bits per heavy atom. The maximum Gasteiger partial charge on any atom is 0.253 e. The Kier molecular flexibility index (Phi) is 5.24. The standard InChI is InChI=1S/C23H21N3O3/c1-29-20-12-11-16-9-5-6-10-17(16)19(20)14-25-26-23(28)21-18(13-24-22(21)27)15-7-3-2-4-8-15/h2-12,14,18,21H,13H2,1H3,(H,24,27)(H,26,28)/b25-14+/t18-,21-/m0/s1. The van der Waals surface area contributed by atoms with E-state index in [-0.39, 0.29) is 11.8 Å². The van der Waals surface area contributed by atoms with E-state index in [0.717, 1.165) is 21.9 Å². The predicted molar refractivity (Wildman–Crippen MR) is 112 cm³/mol. The molecule has 1 fully saturated rings. The molecule has 3 aromatic carbocycles. The molecule has 0 radical (unpaired) electrons. The van der Waals surface area contributed by atoms with E-state index < -0.39 is 11.8 Å². The molecule has 2 amide bonds. The van der Waals surface area contributed by atoms with Gasteiger partial charge in [0.15, 0.2) is 0 Å². The molecule has 2 atom stereocenters. The predicted octanol–water partition coefficient (Wildman–Crippen LogP) is 2.83. The molecule has 0 spiro atoms. The van der Waals surface area contributed by atoms with Crippen LogP contribution in [0.3, 0.4) is 0 Å². The van der Waals surface area contributed by atoms with E-state index in [0.29, 0.717) is 12.3 Å². The molecule has 1 heterocycles. The van der Waals surface area contributed by atoms with Crippen molar-refractivity contribution in [3.8, 4) is 5.75 Å². The van der Waals surface area contributed by atoms with Gasteiger partial charge in [-0.15, -0.1) is 0 Å². The van der Waals surface area contributed by atoms with Gasteiger partial charge in [0.1, 0.15) is 11.7 Å². The summed E-state index contributed by atoms with van der Waals surface area (Å²) in [6.45, 7) is 0.432. The number of fused-ring (bicyclic) bond motifs is 1. The third kappa shape index (κ3) is 3.69. The zero-order valence-corrected chi connectivity index (χ0v) is 16.0. The molecule has 0 saturated carbocycles. The highest BCUT2D eigenvalue weighted by Crippen LogP contribution is 2.29. The monoisotopic (exact) mass is 387 g/mol. The maximum absolute atomic E-state index is 12.7. The highest BCUT2D eigenvalue weighted by atomic mass is 16.5. The van der Waals surface area contributed by atoms with Crippen molar-refractivity contribution in [2.45, 2.75) is 5.92 Å². The molecule has 2 N–H and O–H groups in total. The van der Waals surface area contributed by atoms with Gasteiger partial charge < -0.3 is 10.1 Å². The minimum Gasteiger partial charge on any atom is -0.496 e.